The molecule has 3 rings (SSSR count). The van der Waals surface area contributed by atoms with Crippen LogP contribution in [0.25, 0.3) is 0 Å². The van der Waals surface area contributed by atoms with Gasteiger partial charge in [-0.05, 0) is 56.2 Å². The molecule has 1 fully saturated rings. The molecule has 110 valence electrons. The van der Waals surface area contributed by atoms with E-state index < -0.39 is 0 Å². The Kier molecular flexibility index (Phi) is 4.41. The van der Waals surface area contributed by atoms with Gasteiger partial charge in [0.2, 0.25) is 0 Å². The minimum atomic E-state index is 0.173. The lowest BCUT2D eigenvalue weighted by Gasteiger charge is -2.15. The Morgan fingerprint density at radius 2 is 1.57 bits per heavy atom. The largest absolute Gasteiger partial charge is 0.489 e. The highest BCUT2D eigenvalue weighted by molar-refractivity contribution is 5.35. The van der Waals surface area contributed by atoms with Gasteiger partial charge in [-0.2, -0.15) is 0 Å². The standard InChI is InChI=1S/C18H21NO2/c1-14(13-19-15-7-8-15)20-17-9-11-18(12-10-17)21-16-5-3-2-4-6-16/h2-6,9-12,14-15,19H,7-8,13H2,1H3. The first-order valence-electron chi connectivity index (χ1n) is 7.52. The third-order valence-corrected chi connectivity index (χ3v) is 3.41. The fraction of sp³-hybridized carbons (Fsp3) is 0.333. The van der Waals surface area contributed by atoms with Gasteiger partial charge in [0.1, 0.15) is 23.4 Å². The van der Waals surface area contributed by atoms with Crippen LogP contribution < -0.4 is 14.8 Å². The smallest absolute Gasteiger partial charge is 0.127 e. The summed E-state index contributed by atoms with van der Waals surface area (Å²) in [5.74, 6) is 2.53. The second kappa shape index (κ2) is 6.64. The second-order valence-electron chi connectivity index (χ2n) is 5.50. The number of nitrogens with one attached hydrogen (secondary N) is 1. The van der Waals surface area contributed by atoms with Gasteiger partial charge in [0.15, 0.2) is 0 Å². The maximum absolute atomic E-state index is 5.88. The van der Waals surface area contributed by atoms with E-state index in [1.54, 1.807) is 0 Å². The fourth-order valence-corrected chi connectivity index (χ4v) is 2.10. The Balaban J connectivity index is 1.51. The zero-order chi connectivity index (χ0) is 14.5. The van der Waals surface area contributed by atoms with Crippen molar-refractivity contribution in [3.05, 3.63) is 54.6 Å². The molecule has 3 heteroatoms. The Bertz CT molecular complexity index is 549. The van der Waals surface area contributed by atoms with Crippen LogP contribution >= 0.6 is 0 Å². The molecule has 3 nitrogen and oxygen atoms in total. The van der Waals surface area contributed by atoms with Crippen molar-refractivity contribution in [1.82, 2.24) is 5.32 Å². The van der Waals surface area contributed by atoms with Crippen LogP contribution in [-0.4, -0.2) is 18.7 Å². The molecule has 0 aliphatic heterocycles. The Morgan fingerprint density at radius 3 is 2.24 bits per heavy atom. The lowest BCUT2D eigenvalue weighted by molar-refractivity contribution is 0.216. The first kappa shape index (κ1) is 14.0. The van der Waals surface area contributed by atoms with Gasteiger partial charge in [-0.3, -0.25) is 0 Å². The predicted octanol–water partition coefficient (Wildman–Crippen LogP) is 4.00. The van der Waals surface area contributed by atoms with Crippen molar-refractivity contribution in [3.63, 3.8) is 0 Å². The van der Waals surface area contributed by atoms with Gasteiger partial charge in [0, 0.05) is 12.6 Å². The Morgan fingerprint density at radius 1 is 0.952 bits per heavy atom. The van der Waals surface area contributed by atoms with Crippen molar-refractivity contribution < 1.29 is 9.47 Å². The molecular formula is C18H21NO2. The van der Waals surface area contributed by atoms with Gasteiger partial charge >= 0.3 is 0 Å². The maximum atomic E-state index is 5.88. The monoisotopic (exact) mass is 283 g/mol. The molecule has 2 aromatic rings. The van der Waals surface area contributed by atoms with Crippen LogP contribution in [0, 0.1) is 0 Å². The van der Waals surface area contributed by atoms with E-state index in [1.165, 1.54) is 12.8 Å². The van der Waals surface area contributed by atoms with Crippen LogP contribution in [-0.2, 0) is 0 Å². The number of rotatable bonds is 7. The normalized spacial score (nSPS) is 15.5. The third-order valence-electron chi connectivity index (χ3n) is 3.41. The fourth-order valence-electron chi connectivity index (χ4n) is 2.10. The average Bonchev–Trinajstić information content (AvgIpc) is 3.33. The number of ether oxygens (including phenoxy) is 2. The van der Waals surface area contributed by atoms with Crippen LogP contribution in [0.5, 0.6) is 17.2 Å². The lowest BCUT2D eigenvalue weighted by atomic mass is 10.3. The predicted molar refractivity (Wildman–Crippen MR) is 84.1 cm³/mol. The van der Waals surface area contributed by atoms with Gasteiger partial charge in [0.25, 0.3) is 0 Å². The van der Waals surface area contributed by atoms with Crippen molar-refractivity contribution in [2.24, 2.45) is 0 Å². The molecule has 1 N–H and O–H groups in total. The average molecular weight is 283 g/mol. The lowest BCUT2D eigenvalue weighted by Crippen LogP contribution is -2.30. The SMILES string of the molecule is CC(CNC1CC1)Oc1ccc(Oc2ccccc2)cc1. The van der Waals surface area contributed by atoms with E-state index >= 15 is 0 Å². The molecule has 1 saturated carbocycles. The molecule has 21 heavy (non-hydrogen) atoms. The van der Waals surface area contributed by atoms with Gasteiger partial charge < -0.3 is 14.8 Å². The summed E-state index contributed by atoms with van der Waals surface area (Å²) >= 11 is 0. The highest BCUT2D eigenvalue weighted by Crippen LogP contribution is 2.24. The molecule has 2 aromatic carbocycles. The van der Waals surface area contributed by atoms with Gasteiger partial charge in [0.05, 0.1) is 0 Å². The summed E-state index contributed by atoms with van der Waals surface area (Å²) in [5.41, 5.74) is 0. The topological polar surface area (TPSA) is 30.5 Å². The van der Waals surface area contributed by atoms with Crippen LogP contribution in [0.15, 0.2) is 54.6 Å². The quantitative estimate of drug-likeness (QED) is 0.833. The summed E-state index contributed by atoms with van der Waals surface area (Å²) in [4.78, 5) is 0. The molecule has 1 atom stereocenters. The van der Waals surface area contributed by atoms with Gasteiger partial charge in [-0.25, -0.2) is 0 Å². The highest BCUT2D eigenvalue weighted by Gasteiger charge is 2.21. The van der Waals surface area contributed by atoms with E-state index in [0.29, 0.717) is 0 Å². The van der Waals surface area contributed by atoms with Crippen molar-refractivity contribution in [1.29, 1.82) is 0 Å². The Hall–Kier alpha value is -2.00. The van der Waals surface area contributed by atoms with E-state index in [1.807, 2.05) is 54.6 Å². The van der Waals surface area contributed by atoms with Crippen LogP contribution in [0.4, 0.5) is 0 Å². The summed E-state index contributed by atoms with van der Waals surface area (Å²) in [6.07, 6.45) is 2.78. The highest BCUT2D eigenvalue weighted by atomic mass is 16.5. The molecule has 0 bridgehead atoms. The first-order valence-corrected chi connectivity index (χ1v) is 7.52. The van der Waals surface area contributed by atoms with E-state index in [0.717, 1.165) is 29.8 Å². The Labute approximate surface area is 125 Å². The molecule has 1 aliphatic rings. The zero-order valence-corrected chi connectivity index (χ0v) is 12.3. The number of hydrogen-bond acceptors (Lipinski definition) is 3. The van der Waals surface area contributed by atoms with E-state index in [2.05, 4.69) is 12.2 Å². The number of para-hydroxylation sites is 1. The van der Waals surface area contributed by atoms with Crippen molar-refractivity contribution in [2.75, 3.05) is 6.54 Å². The van der Waals surface area contributed by atoms with Crippen molar-refractivity contribution >= 4 is 0 Å². The minimum Gasteiger partial charge on any atom is -0.489 e. The van der Waals surface area contributed by atoms with Crippen LogP contribution in [0.2, 0.25) is 0 Å². The van der Waals surface area contributed by atoms with Crippen LogP contribution in [0.3, 0.4) is 0 Å². The molecular weight excluding hydrogens is 262 g/mol. The molecule has 1 unspecified atom stereocenters. The first-order chi connectivity index (χ1) is 10.3. The summed E-state index contributed by atoms with van der Waals surface area (Å²) in [5, 5.41) is 3.47. The van der Waals surface area contributed by atoms with Crippen molar-refractivity contribution in [2.45, 2.75) is 31.9 Å². The molecule has 0 radical (unpaired) electrons. The molecule has 0 amide bonds. The van der Waals surface area contributed by atoms with Crippen molar-refractivity contribution in [3.8, 4) is 17.2 Å². The second-order valence-corrected chi connectivity index (χ2v) is 5.50. The molecule has 0 heterocycles. The number of benzene rings is 2. The molecule has 0 spiro atoms. The third kappa shape index (κ3) is 4.50. The molecule has 1 aliphatic carbocycles. The molecule has 0 saturated heterocycles. The number of hydrogen-bond donors (Lipinski definition) is 1. The summed E-state index contributed by atoms with van der Waals surface area (Å²) < 4.78 is 11.6. The van der Waals surface area contributed by atoms with Gasteiger partial charge in [-0.1, -0.05) is 18.2 Å². The maximum Gasteiger partial charge on any atom is 0.127 e. The van der Waals surface area contributed by atoms with Gasteiger partial charge in [-0.15, -0.1) is 0 Å². The van der Waals surface area contributed by atoms with E-state index in [-0.39, 0.29) is 6.10 Å². The summed E-state index contributed by atoms with van der Waals surface area (Å²) in [7, 11) is 0. The van der Waals surface area contributed by atoms with E-state index in [4.69, 9.17) is 9.47 Å². The van der Waals surface area contributed by atoms with E-state index in [9.17, 15) is 0 Å². The van der Waals surface area contributed by atoms with Crippen LogP contribution in [0.1, 0.15) is 19.8 Å². The summed E-state index contributed by atoms with van der Waals surface area (Å²) in [6.45, 7) is 2.98. The minimum absolute atomic E-state index is 0.173. The zero-order valence-electron chi connectivity index (χ0n) is 12.3. The molecule has 0 aromatic heterocycles. The summed E-state index contributed by atoms with van der Waals surface area (Å²) in [6, 6.07) is 18.3.